The van der Waals surface area contributed by atoms with E-state index >= 15 is 0 Å². The number of rotatable bonds is 5. The van der Waals surface area contributed by atoms with Crippen LogP contribution in [-0.2, 0) is 0 Å². The lowest BCUT2D eigenvalue weighted by atomic mass is 10.0. The lowest BCUT2D eigenvalue weighted by molar-refractivity contribution is 1.27. The zero-order valence-electron chi connectivity index (χ0n) is 22.9. The van der Waals surface area contributed by atoms with E-state index in [-0.39, 0.29) is 0 Å². The molecule has 0 aliphatic heterocycles. The zero-order valence-corrected chi connectivity index (χ0v) is 22.9. The normalized spacial score (nSPS) is 11.3. The predicted octanol–water partition coefficient (Wildman–Crippen LogP) is 10.4. The number of hydrogen-bond donors (Lipinski definition) is 0. The van der Waals surface area contributed by atoms with Gasteiger partial charge in [-0.3, -0.25) is 4.40 Å². The van der Waals surface area contributed by atoms with Crippen LogP contribution in [-0.4, -0.2) is 9.38 Å². The smallest absolute Gasteiger partial charge is 0.145 e. The SMILES string of the molecule is c1ccc(N(c2ccccc2)c2ccc(-c3ccc(-c4cnc5c6ccccc6c6ccccc6n45)cc3)cc2)cc1. The van der Waals surface area contributed by atoms with E-state index in [0.717, 1.165) is 34.0 Å². The summed E-state index contributed by atoms with van der Waals surface area (Å²) in [7, 11) is 0. The average molecular weight is 538 g/mol. The van der Waals surface area contributed by atoms with E-state index in [1.165, 1.54) is 32.8 Å². The topological polar surface area (TPSA) is 20.5 Å². The maximum atomic E-state index is 4.89. The van der Waals surface area contributed by atoms with Gasteiger partial charge in [0.1, 0.15) is 5.65 Å². The van der Waals surface area contributed by atoms with Crippen LogP contribution < -0.4 is 4.90 Å². The molecule has 198 valence electrons. The van der Waals surface area contributed by atoms with Crippen LogP contribution >= 0.6 is 0 Å². The summed E-state index contributed by atoms with van der Waals surface area (Å²) in [4.78, 5) is 7.17. The fraction of sp³-hybridized carbons (Fsp3) is 0. The second-order valence-electron chi connectivity index (χ2n) is 10.5. The number of benzene rings is 6. The van der Waals surface area contributed by atoms with Crippen LogP contribution in [0.3, 0.4) is 0 Å². The summed E-state index contributed by atoms with van der Waals surface area (Å²) in [6.07, 6.45) is 2.00. The van der Waals surface area contributed by atoms with Crippen LogP contribution in [0.15, 0.2) is 164 Å². The third kappa shape index (κ3) is 4.03. The van der Waals surface area contributed by atoms with Gasteiger partial charge in [-0.05, 0) is 59.0 Å². The first-order valence-electron chi connectivity index (χ1n) is 14.2. The number of para-hydroxylation sites is 3. The molecule has 0 atom stereocenters. The Kier molecular flexibility index (Phi) is 5.79. The first kappa shape index (κ1) is 24.2. The largest absolute Gasteiger partial charge is 0.311 e. The summed E-state index contributed by atoms with van der Waals surface area (Å²) >= 11 is 0. The van der Waals surface area contributed by atoms with E-state index < -0.39 is 0 Å². The van der Waals surface area contributed by atoms with Gasteiger partial charge in [-0.15, -0.1) is 0 Å². The Balaban J connectivity index is 1.16. The lowest BCUT2D eigenvalue weighted by Gasteiger charge is -2.25. The van der Waals surface area contributed by atoms with Crippen molar-refractivity contribution in [2.45, 2.75) is 0 Å². The Hall–Kier alpha value is -5.67. The average Bonchev–Trinajstić information content (AvgIpc) is 3.52. The van der Waals surface area contributed by atoms with Crippen LogP contribution in [0, 0.1) is 0 Å². The minimum atomic E-state index is 0.986. The molecule has 8 rings (SSSR count). The molecule has 0 radical (unpaired) electrons. The highest BCUT2D eigenvalue weighted by atomic mass is 15.1. The molecule has 8 aromatic rings. The van der Waals surface area contributed by atoms with E-state index in [2.05, 4.69) is 167 Å². The second kappa shape index (κ2) is 10.1. The molecular formula is C39H27N3. The highest BCUT2D eigenvalue weighted by Crippen LogP contribution is 2.36. The van der Waals surface area contributed by atoms with Gasteiger partial charge in [0, 0.05) is 33.4 Å². The molecule has 3 heteroatoms. The second-order valence-corrected chi connectivity index (χ2v) is 10.5. The van der Waals surface area contributed by atoms with Crippen molar-refractivity contribution in [1.29, 1.82) is 0 Å². The van der Waals surface area contributed by atoms with Gasteiger partial charge >= 0.3 is 0 Å². The Morgan fingerprint density at radius 3 is 1.52 bits per heavy atom. The first-order valence-corrected chi connectivity index (χ1v) is 14.2. The Labute approximate surface area is 244 Å². The number of nitrogens with zero attached hydrogens (tertiary/aromatic N) is 3. The summed E-state index contributed by atoms with van der Waals surface area (Å²) in [5, 5.41) is 3.63. The summed E-state index contributed by atoms with van der Waals surface area (Å²) in [5.41, 5.74) is 10.1. The van der Waals surface area contributed by atoms with Gasteiger partial charge in [-0.25, -0.2) is 4.98 Å². The summed E-state index contributed by atoms with van der Waals surface area (Å²) in [6.45, 7) is 0. The molecule has 0 N–H and O–H groups in total. The number of aromatic nitrogens is 2. The molecule has 2 aromatic heterocycles. The van der Waals surface area contributed by atoms with E-state index in [1.54, 1.807) is 0 Å². The quantitative estimate of drug-likeness (QED) is 0.204. The van der Waals surface area contributed by atoms with Gasteiger partial charge in [0.15, 0.2) is 0 Å². The minimum absolute atomic E-state index is 0.986. The van der Waals surface area contributed by atoms with Crippen molar-refractivity contribution < 1.29 is 0 Å². The number of fused-ring (bicyclic) bond motifs is 6. The van der Waals surface area contributed by atoms with Crippen molar-refractivity contribution in [3.8, 4) is 22.4 Å². The van der Waals surface area contributed by atoms with Gasteiger partial charge in [0.2, 0.25) is 0 Å². The highest BCUT2D eigenvalue weighted by molar-refractivity contribution is 6.12. The van der Waals surface area contributed by atoms with Gasteiger partial charge in [-0.1, -0.05) is 115 Å². The lowest BCUT2D eigenvalue weighted by Crippen LogP contribution is -2.09. The Bertz CT molecular complexity index is 2120. The number of pyridine rings is 1. The number of imidazole rings is 1. The molecule has 0 fully saturated rings. The van der Waals surface area contributed by atoms with Crippen LogP contribution in [0.25, 0.3) is 49.7 Å². The molecule has 42 heavy (non-hydrogen) atoms. The zero-order chi connectivity index (χ0) is 27.9. The van der Waals surface area contributed by atoms with Crippen molar-refractivity contribution in [2.75, 3.05) is 4.90 Å². The summed E-state index contributed by atoms with van der Waals surface area (Å²) in [5.74, 6) is 0. The molecule has 6 aromatic carbocycles. The Morgan fingerprint density at radius 2 is 0.881 bits per heavy atom. The molecule has 2 heterocycles. The molecule has 0 spiro atoms. The fourth-order valence-corrected chi connectivity index (χ4v) is 6.04. The molecule has 3 nitrogen and oxygen atoms in total. The van der Waals surface area contributed by atoms with Crippen molar-refractivity contribution in [3.05, 3.63) is 164 Å². The van der Waals surface area contributed by atoms with Crippen molar-refractivity contribution in [1.82, 2.24) is 9.38 Å². The number of hydrogen-bond acceptors (Lipinski definition) is 2. The van der Waals surface area contributed by atoms with E-state index in [4.69, 9.17) is 4.98 Å². The highest BCUT2D eigenvalue weighted by Gasteiger charge is 2.15. The molecule has 0 unspecified atom stereocenters. The van der Waals surface area contributed by atoms with Crippen LogP contribution in [0.2, 0.25) is 0 Å². The summed E-state index contributed by atoms with van der Waals surface area (Å²) in [6, 6.07) is 55.8. The van der Waals surface area contributed by atoms with Crippen molar-refractivity contribution in [2.24, 2.45) is 0 Å². The minimum Gasteiger partial charge on any atom is -0.311 e. The first-order chi connectivity index (χ1) is 20.8. The maximum absolute atomic E-state index is 4.89. The molecule has 0 bridgehead atoms. The number of anilines is 3. The van der Waals surface area contributed by atoms with Crippen LogP contribution in [0.4, 0.5) is 17.1 Å². The monoisotopic (exact) mass is 537 g/mol. The van der Waals surface area contributed by atoms with Crippen LogP contribution in [0.5, 0.6) is 0 Å². The molecule has 0 saturated carbocycles. The molecular weight excluding hydrogens is 510 g/mol. The fourth-order valence-electron chi connectivity index (χ4n) is 6.04. The van der Waals surface area contributed by atoms with E-state index in [9.17, 15) is 0 Å². The maximum Gasteiger partial charge on any atom is 0.145 e. The standard InChI is InChI=1S/C39H27N3/c1-3-11-31(12-4-1)41(32-13-5-2-6-14-32)33-25-23-29(24-26-33)28-19-21-30(22-20-28)38-27-40-39-36-17-8-7-15-34(36)35-16-9-10-18-37(35)42(38)39/h1-27H. The molecule has 0 aliphatic rings. The third-order valence-corrected chi connectivity index (χ3v) is 8.03. The van der Waals surface area contributed by atoms with Crippen molar-refractivity contribution >= 4 is 44.4 Å². The van der Waals surface area contributed by atoms with Gasteiger partial charge < -0.3 is 4.90 Å². The van der Waals surface area contributed by atoms with E-state index in [1.807, 2.05) is 6.20 Å². The van der Waals surface area contributed by atoms with Crippen molar-refractivity contribution in [3.63, 3.8) is 0 Å². The van der Waals surface area contributed by atoms with Gasteiger partial charge in [0.05, 0.1) is 17.4 Å². The van der Waals surface area contributed by atoms with Gasteiger partial charge in [0.25, 0.3) is 0 Å². The van der Waals surface area contributed by atoms with Gasteiger partial charge in [-0.2, -0.15) is 0 Å². The third-order valence-electron chi connectivity index (χ3n) is 8.03. The molecule has 0 saturated heterocycles. The van der Waals surface area contributed by atoms with Crippen LogP contribution in [0.1, 0.15) is 0 Å². The summed E-state index contributed by atoms with van der Waals surface area (Å²) < 4.78 is 2.29. The molecule has 0 amide bonds. The Morgan fingerprint density at radius 1 is 0.405 bits per heavy atom. The predicted molar refractivity (Wildman–Crippen MR) is 176 cm³/mol. The molecule has 0 aliphatic carbocycles. The van der Waals surface area contributed by atoms with E-state index in [0.29, 0.717) is 0 Å².